The minimum absolute atomic E-state index is 0.0169. The predicted octanol–water partition coefficient (Wildman–Crippen LogP) is 6.01. The normalized spacial score (nSPS) is 19.2. The second-order valence-electron chi connectivity index (χ2n) is 18.2. The predicted molar refractivity (Wildman–Crippen MR) is 245 cm³/mol. The standard InChI is InChI=1S/C46H80N3O17P/c1-3-5-7-9-11-13-15-19-44(59)63-32-38(66-45(60)20-16-14-12-10-8-6-4-2)33-65-67(61,62)64-27-17-18-39(50)36-21-23-37(24-22-36)46(49(30-42(55)56)31-43(57)58)34-47(28-40(51)52)25-26-48(35-46)29-41(53)54/h36-38H,3-35H2,1-2H3,(H,51,52)(H,53,54)(H,55,56)(H,57,58)(H,61,62). The van der Waals surface area contributed by atoms with Crippen LogP contribution in [0.4, 0.5) is 0 Å². The Hall–Kier alpha value is -3.52. The number of nitrogens with zero attached hydrogens (tertiary/aromatic N) is 3. The molecule has 67 heavy (non-hydrogen) atoms. The number of ether oxygens (including phenoxy) is 2. The zero-order chi connectivity index (χ0) is 49.7. The minimum Gasteiger partial charge on any atom is -0.480 e. The Balaban J connectivity index is 2.00. The highest BCUT2D eigenvalue weighted by molar-refractivity contribution is 7.47. The molecule has 5 N–H and O–H groups in total. The molecule has 0 spiro atoms. The number of carbonyl (C=O) groups is 7. The molecule has 0 aromatic heterocycles. The van der Waals surface area contributed by atoms with E-state index in [0.29, 0.717) is 38.5 Å². The number of carboxylic acids is 4. The van der Waals surface area contributed by atoms with Gasteiger partial charge in [-0.1, -0.05) is 90.9 Å². The smallest absolute Gasteiger partial charge is 0.472 e. The zero-order valence-electron chi connectivity index (χ0n) is 40.0. The fourth-order valence-electron chi connectivity index (χ4n) is 9.20. The molecule has 21 heteroatoms. The third kappa shape index (κ3) is 25.6. The van der Waals surface area contributed by atoms with Crippen molar-refractivity contribution in [2.75, 3.05) is 72.2 Å². The number of unbranched alkanes of at least 4 members (excludes halogenated alkanes) is 12. The van der Waals surface area contributed by atoms with E-state index in [-0.39, 0.29) is 70.9 Å². The van der Waals surface area contributed by atoms with Gasteiger partial charge >= 0.3 is 43.6 Å². The van der Waals surface area contributed by atoms with Gasteiger partial charge in [0.15, 0.2) is 6.10 Å². The van der Waals surface area contributed by atoms with Crippen molar-refractivity contribution in [3.63, 3.8) is 0 Å². The van der Waals surface area contributed by atoms with E-state index in [2.05, 4.69) is 13.8 Å². The first kappa shape index (κ1) is 59.6. The number of hydrogen-bond donors (Lipinski definition) is 5. The average molecular weight is 978 g/mol. The van der Waals surface area contributed by atoms with Crippen LogP contribution in [0.3, 0.4) is 0 Å². The number of phosphoric acid groups is 1. The number of Topliss-reactive ketones (excluding diaryl/α,β-unsaturated/α-hetero) is 1. The second kappa shape index (κ2) is 33.1. The molecule has 2 atom stereocenters. The van der Waals surface area contributed by atoms with Crippen LogP contribution in [-0.2, 0) is 56.6 Å². The fraction of sp³-hybridized carbons (Fsp3) is 0.848. The van der Waals surface area contributed by atoms with E-state index in [1.807, 2.05) is 0 Å². The molecule has 2 fully saturated rings. The summed E-state index contributed by atoms with van der Waals surface area (Å²) in [5.41, 5.74) is -1.29. The zero-order valence-corrected chi connectivity index (χ0v) is 40.9. The Bertz CT molecular complexity index is 1530. The third-order valence-corrected chi connectivity index (χ3v) is 13.6. The van der Waals surface area contributed by atoms with E-state index in [9.17, 15) is 63.4 Å². The monoisotopic (exact) mass is 978 g/mol. The van der Waals surface area contributed by atoms with Crippen molar-refractivity contribution in [3.05, 3.63) is 0 Å². The molecule has 1 saturated heterocycles. The summed E-state index contributed by atoms with van der Waals surface area (Å²) in [7, 11) is -4.71. The molecule has 1 aliphatic carbocycles. The number of ketones is 1. The summed E-state index contributed by atoms with van der Waals surface area (Å²) in [5, 5.41) is 39.0. The molecule has 2 rings (SSSR count). The van der Waals surface area contributed by atoms with Crippen molar-refractivity contribution in [1.82, 2.24) is 14.7 Å². The van der Waals surface area contributed by atoms with Crippen molar-refractivity contribution in [3.8, 4) is 0 Å². The number of aliphatic carboxylic acids is 4. The summed E-state index contributed by atoms with van der Waals surface area (Å²) in [4.78, 5) is 101. The maximum absolute atomic E-state index is 13.4. The molecule has 0 bridgehead atoms. The first-order valence-electron chi connectivity index (χ1n) is 24.5. The summed E-state index contributed by atoms with van der Waals surface area (Å²) in [6, 6.07) is 0. The lowest BCUT2D eigenvalue weighted by molar-refractivity contribution is -0.161. The quantitative estimate of drug-likeness (QED) is 0.0269. The van der Waals surface area contributed by atoms with Crippen molar-refractivity contribution >= 4 is 49.4 Å². The van der Waals surface area contributed by atoms with Gasteiger partial charge in [-0.3, -0.25) is 57.3 Å². The average Bonchev–Trinajstić information content (AvgIpc) is 3.43. The highest BCUT2D eigenvalue weighted by atomic mass is 31.2. The Kier molecular flexibility index (Phi) is 29.4. The lowest BCUT2D eigenvalue weighted by atomic mass is 9.69. The van der Waals surface area contributed by atoms with Gasteiger partial charge in [-0.25, -0.2) is 4.57 Å². The summed E-state index contributed by atoms with van der Waals surface area (Å²) in [6.07, 6.45) is 14.7. The molecule has 0 aromatic carbocycles. The van der Waals surface area contributed by atoms with Crippen LogP contribution in [0.15, 0.2) is 0 Å². The summed E-state index contributed by atoms with van der Waals surface area (Å²) in [5.74, 6) is -6.98. The molecule has 0 radical (unpaired) electrons. The number of esters is 2. The molecule has 20 nitrogen and oxygen atoms in total. The van der Waals surface area contributed by atoms with E-state index in [0.717, 1.165) is 64.2 Å². The summed E-state index contributed by atoms with van der Waals surface area (Å²) < 4.78 is 34.1. The van der Waals surface area contributed by atoms with Crippen LogP contribution in [0.1, 0.15) is 155 Å². The Morgan fingerprint density at radius 1 is 0.612 bits per heavy atom. The molecule has 386 valence electrons. The van der Waals surface area contributed by atoms with Crippen LogP contribution in [0.2, 0.25) is 0 Å². The summed E-state index contributed by atoms with van der Waals surface area (Å²) >= 11 is 0. The molecule has 0 aromatic rings. The van der Waals surface area contributed by atoms with Gasteiger partial charge in [0.2, 0.25) is 0 Å². The highest BCUT2D eigenvalue weighted by Gasteiger charge is 2.50. The Labute approximate surface area is 396 Å². The summed E-state index contributed by atoms with van der Waals surface area (Å²) in [6.45, 7) is 1.00. The Morgan fingerprint density at radius 3 is 1.57 bits per heavy atom. The van der Waals surface area contributed by atoms with E-state index in [4.69, 9.17) is 18.5 Å². The van der Waals surface area contributed by atoms with E-state index in [1.165, 1.54) is 17.7 Å². The number of phosphoric ester groups is 1. The van der Waals surface area contributed by atoms with E-state index >= 15 is 0 Å². The van der Waals surface area contributed by atoms with Gasteiger partial charge in [0.05, 0.1) is 44.9 Å². The topological polar surface area (TPSA) is 284 Å². The highest BCUT2D eigenvalue weighted by Crippen LogP contribution is 2.44. The Morgan fingerprint density at radius 2 is 1.09 bits per heavy atom. The van der Waals surface area contributed by atoms with Crippen molar-refractivity contribution < 1.29 is 82.0 Å². The molecule has 2 unspecified atom stereocenters. The minimum atomic E-state index is -4.71. The van der Waals surface area contributed by atoms with Crippen LogP contribution in [0, 0.1) is 11.8 Å². The maximum Gasteiger partial charge on any atom is 0.472 e. The number of carbonyl (C=O) groups excluding carboxylic acids is 3. The van der Waals surface area contributed by atoms with Gasteiger partial charge in [-0.2, -0.15) is 0 Å². The third-order valence-electron chi connectivity index (χ3n) is 12.6. The first-order chi connectivity index (χ1) is 31.9. The van der Waals surface area contributed by atoms with Crippen LogP contribution < -0.4 is 0 Å². The molecule has 1 saturated carbocycles. The molecule has 1 aliphatic heterocycles. The van der Waals surface area contributed by atoms with E-state index < -0.39 is 99.9 Å². The SMILES string of the molecule is CCCCCCCCCC(=O)OCC(COP(=O)(O)OCCCC(=O)C1CCC(C2(N(CC(=O)O)CC(=O)O)CN(CC(=O)O)CCN(CC(=O)O)C2)CC1)OC(=O)CCCCCCCCC. The first-order valence-corrected chi connectivity index (χ1v) is 26.0. The van der Waals surface area contributed by atoms with Crippen LogP contribution >= 0.6 is 7.82 Å². The number of carboxylic acid groups (broad SMARTS) is 4. The van der Waals surface area contributed by atoms with Crippen molar-refractivity contribution in [1.29, 1.82) is 0 Å². The van der Waals surface area contributed by atoms with Crippen LogP contribution in [-0.4, -0.2) is 165 Å². The lowest BCUT2D eigenvalue weighted by Crippen LogP contribution is -2.66. The van der Waals surface area contributed by atoms with Gasteiger partial charge in [-0.15, -0.1) is 0 Å². The van der Waals surface area contributed by atoms with Gasteiger partial charge in [0.1, 0.15) is 12.4 Å². The van der Waals surface area contributed by atoms with Gasteiger partial charge < -0.3 is 34.8 Å². The van der Waals surface area contributed by atoms with E-state index in [1.54, 1.807) is 9.80 Å². The number of hydrogen-bond acceptors (Lipinski definition) is 15. The van der Waals surface area contributed by atoms with Gasteiger partial charge in [0.25, 0.3) is 0 Å². The lowest BCUT2D eigenvalue weighted by Gasteiger charge is -2.51. The largest absolute Gasteiger partial charge is 0.480 e. The molecule has 1 heterocycles. The van der Waals surface area contributed by atoms with Gasteiger partial charge in [0, 0.05) is 51.4 Å². The van der Waals surface area contributed by atoms with Crippen molar-refractivity contribution in [2.45, 2.75) is 167 Å². The van der Waals surface area contributed by atoms with Gasteiger partial charge in [-0.05, 0) is 50.9 Å². The second-order valence-corrected chi connectivity index (χ2v) is 19.7. The molecule has 2 aliphatic rings. The van der Waals surface area contributed by atoms with Crippen molar-refractivity contribution in [2.24, 2.45) is 11.8 Å². The van der Waals surface area contributed by atoms with Crippen LogP contribution in [0.5, 0.6) is 0 Å². The molecule has 0 amide bonds. The molecular weight excluding hydrogens is 897 g/mol. The molecular formula is C46H80N3O17P. The fourth-order valence-corrected chi connectivity index (χ4v) is 9.99. The maximum atomic E-state index is 13.4. The number of rotatable bonds is 38. The van der Waals surface area contributed by atoms with Crippen LogP contribution in [0.25, 0.3) is 0 Å².